The van der Waals surface area contributed by atoms with Crippen molar-refractivity contribution < 1.29 is 26.5 Å². The molecule has 7 nitrogen and oxygen atoms in total. The van der Waals surface area contributed by atoms with Gasteiger partial charge in [0.2, 0.25) is 10.0 Å². The van der Waals surface area contributed by atoms with Gasteiger partial charge in [-0.25, -0.2) is 17.2 Å². The van der Waals surface area contributed by atoms with Crippen molar-refractivity contribution in [1.82, 2.24) is 14.4 Å². The molecule has 0 saturated carbocycles. The van der Waals surface area contributed by atoms with Crippen molar-refractivity contribution in [2.45, 2.75) is 23.7 Å². The van der Waals surface area contributed by atoms with Gasteiger partial charge in [0.15, 0.2) is 5.82 Å². The van der Waals surface area contributed by atoms with Crippen molar-refractivity contribution in [3.63, 3.8) is 0 Å². The molecule has 4 rings (SSSR count). The quantitative estimate of drug-likeness (QED) is 0.609. The molecule has 2 heterocycles. The molecule has 10 heteroatoms. The Balaban J connectivity index is 1.46. The summed E-state index contributed by atoms with van der Waals surface area (Å²) in [4.78, 5) is 3.92. The van der Waals surface area contributed by atoms with Crippen molar-refractivity contribution in [2.75, 3.05) is 20.2 Å². The molecule has 30 heavy (non-hydrogen) atoms. The largest absolute Gasteiger partial charge is 0.497 e. The SMILES string of the molecule is COc1cccc(-c2nc(C3CCN(S(=O)(=O)c4ccc(F)cc4F)CC3)no2)c1. The second kappa shape index (κ2) is 8.11. The van der Waals surface area contributed by atoms with E-state index < -0.39 is 26.6 Å². The molecule has 0 radical (unpaired) electrons. The molecule has 2 aromatic carbocycles. The lowest BCUT2D eigenvalue weighted by molar-refractivity contribution is 0.306. The fourth-order valence-corrected chi connectivity index (χ4v) is 4.97. The van der Waals surface area contributed by atoms with Gasteiger partial charge in [0.1, 0.15) is 22.3 Å². The molecule has 0 unspecified atom stereocenters. The molecule has 1 aliphatic heterocycles. The Labute approximate surface area is 172 Å². The summed E-state index contributed by atoms with van der Waals surface area (Å²) in [6, 6.07) is 9.68. The lowest BCUT2D eigenvalue weighted by Gasteiger charge is -2.29. The number of hydrogen-bond donors (Lipinski definition) is 0. The van der Waals surface area contributed by atoms with E-state index in [-0.39, 0.29) is 19.0 Å². The van der Waals surface area contributed by atoms with Gasteiger partial charge in [-0.2, -0.15) is 9.29 Å². The molecule has 0 aliphatic carbocycles. The maximum absolute atomic E-state index is 14.0. The summed E-state index contributed by atoms with van der Waals surface area (Å²) in [6.07, 6.45) is 0.915. The van der Waals surface area contributed by atoms with Gasteiger partial charge < -0.3 is 9.26 Å². The Kier molecular flexibility index (Phi) is 5.52. The summed E-state index contributed by atoms with van der Waals surface area (Å²) in [6.45, 7) is 0.347. The maximum atomic E-state index is 14.0. The summed E-state index contributed by atoms with van der Waals surface area (Å²) < 4.78 is 64.3. The molecule has 1 saturated heterocycles. The van der Waals surface area contributed by atoms with Gasteiger partial charge in [0.05, 0.1) is 7.11 Å². The lowest BCUT2D eigenvalue weighted by atomic mass is 9.97. The number of rotatable bonds is 5. The number of hydrogen-bond acceptors (Lipinski definition) is 6. The third-order valence-electron chi connectivity index (χ3n) is 5.09. The summed E-state index contributed by atoms with van der Waals surface area (Å²) >= 11 is 0. The zero-order chi connectivity index (χ0) is 21.3. The van der Waals surface area contributed by atoms with E-state index in [1.165, 1.54) is 4.31 Å². The summed E-state index contributed by atoms with van der Waals surface area (Å²) in [5.41, 5.74) is 0.722. The van der Waals surface area contributed by atoms with Crippen LogP contribution in [0.4, 0.5) is 8.78 Å². The maximum Gasteiger partial charge on any atom is 0.258 e. The van der Waals surface area contributed by atoms with Crippen molar-refractivity contribution in [3.05, 3.63) is 59.9 Å². The van der Waals surface area contributed by atoms with E-state index in [2.05, 4.69) is 10.1 Å². The summed E-state index contributed by atoms with van der Waals surface area (Å²) in [5.74, 6) is -0.492. The van der Waals surface area contributed by atoms with Crippen molar-refractivity contribution in [1.29, 1.82) is 0 Å². The smallest absolute Gasteiger partial charge is 0.258 e. The minimum atomic E-state index is -4.05. The first kappa shape index (κ1) is 20.4. The molecule has 3 aromatic rings. The predicted octanol–water partition coefficient (Wildman–Crippen LogP) is 3.59. The van der Waals surface area contributed by atoms with Crippen LogP contribution in [0.25, 0.3) is 11.5 Å². The first-order valence-corrected chi connectivity index (χ1v) is 10.8. The minimum absolute atomic E-state index is 0.0855. The molecule has 0 amide bonds. The van der Waals surface area contributed by atoms with Gasteiger partial charge in [-0.3, -0.25) is 0 Å². The summed E-state index contributed by atoms with van der Waals surface area (Å²) in [5, 5.41) is 4.04. The number of benzene rings is 2. The van der Waals surface area contributed by atoms with E-state index >= 15 is 0 Å². The van der Waals surface area contributed by atoms with E-state index in [1.54, 1.807) is 19.2 Å². The lowest BCUT2D eigenvalue weighted by Crippen LogP contribution is -2.38. The Hall–Kier alpha value is -2.85. The minimum Gasteiger partial charge on any atom is -0.497 e. The van der Waals surface area contributed by atoms with E-state index in [9.17, 15) is 17.2 Å². The van der Waals surface area contributed by atoms with Gasteiger partial charge in [-0.05, 0) is 43.2 Å². The summed E-state index contributed by atoms with van der Waals surface area (Å²) in [7, 11) is -2.48. The number of piperidine rings is 1. The van der Waals surface area contributed by atoms with E-state index in [0.717, 1.165) is 17.7 Å². The number of halogens is 2. The van der Waals surface area contributed by atoms with E-state index in [4.69, 9.17) is 9.26 Å². The van der Waals surface area contributed by atoms with E-state index in [1.807, 2.05) is 12.1 Å². The second-order valence-electron chi connectivity index (χ2n) is 6.94. The predicted molar refractivity (Wildman–Crippen MR) is 103 cm³/mol. The Morgan fingerprint density at radius 3 is 2.60 bits per heavy atom. The Bertz CT molecular complexity index is 1160. The van der Waals surface area contributed by atoms with Crippen molar-refractivity contribution in [3.8, 4) is 17.2 Å². The molecule has 1 aliphatic rings. The average Bonchev–Trinajstić information content (AvgIpc) is 3.24. The monoisotopic (exact) mass is 435 g/mol. The van der Waals surface area contributed by atoms with Crippen LogP contribution >= 0.6 is 0 Å². The van der Waals surface area contributed by atoms with Gasteiger partial charge in [0.25, 0.3) is 5.89 Å². The van der Waals surface area contributed by atoms with Crippen LogP contribution < -0.4 is 4.74 Å². The van der Waals surface area contributed by atoms with Crippen LogP contribution in [0.3, 0.4) is 0 Å². The average molecular weight is 435 g/mol. The fourth-order valence-electron chi connectivity index (χ4n) is 3.45. The van der Waals surface area contributed by atoms with Crippen molar-refractivity contribution >= 4 is 10.0 Å². The number of methoxy groups -OCH3 is 1. The molecule has 0 atom stereocenters. The number of ether oxygens (including phenoxy) is 1. The first-order valence-electron chi connectivity index (χ1n) is 9.31. The van der Waals surface area contributed by atoms with Crippen LogP contribution in [0, 0.1) is 11.6 Å². The third-order valence-corrected chi connectivity index (χ3v) is 7.02. The van der Waals surface area contributed by atoms with Gasteiger partial charge in [0, 0.05) is 30.6 Å². The zero-order valence-electron chi connectivity index (χ0n) is 16.1. The normalized spacial score (nSPS) is 16.0. The van der Waals surface area contributed by atoms with Crippen LogP contribution in [0.2, 0.25) is 0 Å². The molecular weight excluding hydrogens is 416 g/mol. The van der Waals surface area contributed by atoms with Crippen LogP contribution in [0.1, 0.15) is 24.6 Å². The Morgan fingerprint density at radius 1 is 1.13 bits per heavy atom. The van der Waals surface area contributed by atoms with Crippen LogP contribution in [-0.2, 0) is 10.0 Å². The number of nitrogens with zero attached hydrogens (tertiary/aromatic N) is 3. The molecule has 0 spiro atoms. The zero-order valence-corrected chi connectivity index (χ0v) is 16.9. The number of sulfonamides is 1. The molecule has 1 fully saturated rings. The molecule has 0 N–H and O–H groups in total. The van der Waals surface area contributed by atoms with Gasteiger partial charge in [-0.1, -0.05) is 11.2 Å². The standard InChI is InChI=1S/C20H19F2N3O4S/c1-28-16-4-2-3-14(11-16)20-23-19(24-29-20)13-7-9-25(10-8-13)30(26,27)18-6-5-15(21)12-17(18)22/h2-6,11-13H,7-10H2,1H3. The van der Waals surface area contributed by atoms with E-state index in [0.29, 0.717) is 36.4 Å². The number of aromatic nitrogens is 2. The third kappa shape index (κ3) is 3.92. The van der Waals surface area contributed by atoms with Gasteiger partial charge >= 0.3 is 0 Å². The fraction of sp³-hybridized carbons (Fsp3) is 0.300. The highest BCUT2D eigenvalue weighted by Gasteiger charge is 2.33. The molecule has 0 bridgehead atoms. The van der Waals surface area contributed by atoms with Crippen molar-refractivity contribution in [2.24, 2.45) is 0 Å². The highest BCUT2D eigenvalue weighted by atomic mass is 32.2. The highest BCUT2D eigenvalue weighted by molar-refractivity contribution is 7.89. The molecule has 1 aromatic heterocycles. The Morgan fingerprint density at radius 2 is 1.90 bits per heavy atom. The first-order chi connectivity index (χ1) is 14.4. The van der Waals surface area contributed by atoms with Crippen LogP contribution in [0.5, 0.6) is 5.75 Å². The van der Waals surface area contributed by atoms with Crippen LogP contribution in [-0.4, -0.2) is 43.1 Å². The van der Waals surface area contributed by atoms with Crippen LogP contribution in [0.15, 0.2) is 51.9 Å². The molecular formula is C20H19F2N3O4S. The molecule has 158 valence electrons. The second-order valence-corrected chi connectivity index (χ2v) is 8.85. The van der Waals surface area contributed by atoms with Gasteiger partial charge in [-0.15, -0.1) is 0 Å². The topological polar surface area (TPSA) is 85.5 Å². The highest BCUT2D eigenvalue weighted by Crippen LogP contribution is 2.31.